The first kappa shape index (κ1) is 25.6. The van der Waals surface area contributed by atoms with E-state index in [4.69, 9.17) is 11.6 Å². The Hall–Kier alpha value is -5.07. The number of benzene rings is 5. The second-order valence-corrected chi connectivity index (χ2v) is 11.7. The fraction of sp³-hybridized carbons (Fsp3) is 0.111. The van der Waals surface area contributed by atoms with Gasteiger partial charge in [0.1, 0.15) is 0 Å². The molecule has 9 rings (SSSR count). The molecular weight excluding hydrogens is 558 g/mol. The van der Waals surface area contributed by atoms with Crippen LogP contribution in [0.4, 0.5) is 5.69 Å². The van der Waals surface area contributed by atoms with E-state index in [0.29, 0.717) is 16.3 Å². The molecule has 1 aliphatic heterocycles. The zero-order valence-corrected chi connectivity index (χ0v) is 23.5. The summed E-state index contributed by atoms with van der Waals surface area (Å²) >= 11 is 6.00. The number of rotatable bonds is 4. The molecule has 0 radical (unpaired) electrons. The van der Waals surface area contributed by atoms with Crippen molar-refractivity contribution < 1.29 is 14.4 Å². The minimum absolute atomic E-state index is 0.219. The Morgan fingerprint density at radius 3 is 2.12 bits per heavy atom. The number of hydrogen-bond donors (Lipinski definition) is 1. The molecule has 1 N–H and O–H groups in total. The molecule has 5 aromatic rings. The van der Waals surface area contributed by atoms with Crippen molar-refractivity contribution in [3.8, 4) is 0 Å². The SMILES string of the molecule is O=C(N/N=C\C12c3ccccc3C(c3ccccc31)[C@H]1C(=O)N(c3cccc4ccccc34)C(=O)[C@H]12)c1ccc(Cl)cc1. The minimum Gasteiger partial charge on any atom is -0.274 e. The van der Waals surface area contributed by atoms with Crippen LogP contribution in [0.1, 0.15) is 38.5 Å². The fourth-order valence-corrected chi connectivity index (χ4v) is 7.68. The molecule has 7 heteroatoms. The number of hydrazone groups is 1. The van der Waals surface area contributed by atoms with Crippen molar-refractivity contribution in [1.29, 1.82) is 0 Å². The van der Waals surface area contributed by atoms with E-state index in [2.05, 4.69) is 10.5 Å². The molecule has 0 aromatic heterocycles. The van der Waals surface area contributed by atoms with Crippen molar-refractivity contribution in [3.05, 3.63) is 148 Å². The quantitative estimate of drug-likeness (QED) is 0.150. The van der Waals surface area contributed by atoms with Gasteiger partial charge in [-0.15, -0.1) is 0 Å². The van der Waals surface area contributed by atoms with Crippen molar-refractivity contribution in [2.75, 3.05) is 4.90 Å². The molecule has 4 aliphatic rings. The molecule has 0 unspecified atom stereocenters. The van der Waals surface area contributed by atoms with Crippen LogP contribution in [-0.4, -0.2) is 23.9 Å². The Labute approximate surface area is 252 Å². The van der Waals surface area contributed by atoms with Crippen LogP contribution in [0.15, 0.2) is 120 Å². The van der Waals surface area contributed by atoms with Crippen molar-refractivity contribution in [2.45, 2.75) is 11.3 Å². The van der Waals surface area contributed by atoms with Crippen LogP contribution in [0.2, 0.25) is 5.02 Å². The number of carbonyl (C=O) groups is 3. The number of nitrogens with one attached hydrogen (secondary N) is 1. The van der Waals surface area contributed by atoms with E-state index < -0.39 is 23.2 Å². The lowest BCUT2D eigenvalue weighted by atomic mass is 9.47. The highest BCUT2D eigenvalue weighted by molar-refractivity contribution is 6.30. The topological polar surface area (TPSA) is 78.8 Å². The summed E-state index contributed by atoms with van der Waals surface area (Å²) in [6.45, 7) is 0. The molecule has 1 fully saturated rings. The minimum atomic E-state index is -1.08. The highest BCUT2D eigenvalue weighted by atomic mass is 35.5. The Bertz CT molecular complexity index is 1970. The van der Waals surface area contributed by atoms with Crippen LogP contribution in [0, 0.1) is 11.8 Å². The van der Waals surface area contributed by atoms with E-state index in [0.717, 1.165) is 33.0 Å². The van der Waals surface area contributed by atoms with E-state index in [1.807, 2.05) is 91.0 Å². The monoisotopic (exact) mass is 581 g/mol. The summed E-state index contributed by atoms with van der Waals surface area (Å²) in [5.74, 6) is -2.55. The molecule has 1 saturated heterocycles. The first-order valence-electron chi connectivity index (χ1n) is 14.2. The molecule has 5 aromatic carbocycles. The maximum Gasteiger partial charge on any atom is 0.271 e. The Morgan fingerprint density at radius 1 is 0.767 bits per heavy atom. The van der Waals surface area contributed by atoms with Gasteiger partial charge in [-0.1, -0.05) is 96.5 Å². The summed E-state index contributed by atoms with van der Waals surface area (Å²) < 4.78 is 0. The molecule has 0 spiro atoms. The molecule has 1 heterocycles. The van der Waals surface area contributed by atoms with Gasteiger partial charge in [-0.2, -0.15) is 5.10 Å². The van der Waals surface area contributed by atoms with Crippen LogP contribution in [-0.2, 0) is 15.0 Å². The summed E-state index contributed by atoms with van der Waals surface area (Å²) in [5.41, 5.74) is 6.40. The highest BCUT2D eigenvalue weighted by Gasteiger charge is 2.68. The van der Waals surface area contributed by atoms with Crippen LogP contribution >= 0.6 is 11.6 Å². The summed E-state index contributed by atoms with van der Waals surface area (Å²) in [5, 5.41) is 6.80. The van der Waals surface area contributed by atoms with Crippen molar-refractivity contribution >= 4 is 52.0 Å². The third-order valence-electron chi connectivity index (χ3n) is 9.23. The summed E-state index contributed by atoms with van der Waals surface area (Å²) in [6.07, 6.45) is 1.67. The second kappa shape index (κ2) is 9.48. The van der Waals surface area contributed by atoms with E-state index in [1.54, 1.807) is 30.5 Å². The van der Waals surface area contributed by atoms with E-state index in [9.17, 15) is 14.4 Å². The average Bonchev–Trinajstić information content (AvgIpc) is 3.31. The van der Waals surface area contributed by atoms with Gasteiger partial charge < -0.3 is 0 Å². The van der Waals surface area contributed by atoms with E-state index in [-0.39, 0.29) is 17.7 Å². The third-order valence-corrected chi connectivity index (χ3v) is 9.48. The lowest BCUT2D eigenvalue weighted by Gasteiger charge is -2.52. The predicted octanol–water partition coefficient (Wildman–Crippen LogP) is 6.46. The maximum atomic E-state index is 14.7. The molecule has 2 atom stereocenters. The third kappa shape index (κ3) is 3.53. The molecule has 3 amide bonds. The standard InChI is InChI=1S/C36H24ClN3O3/c37-23-18-16-22(17-19-23)33(41)39-38-20-36-27-13-5-3-11-25(27)30(26-12-4-6-14-28(26)36)31-32(36)35(43)40(34(31)42)29-15-7-9-21-8-1-2-10-24(21)29/h1-20,30-32H,(H,39,41)/b38-20-/t30?,31-,32+,36?/m1/s1. The number of anilines is 1. The smallest absolute Gasteiger partial charge is 0.271 e. The Balaban J connectivity index is 1.31. The molecular formula is C36H24ClN3O3. The van der Waals surface area contributed by atoms with E-state index >= 15 is 0 Å². The van der Waals surface area contributed by atoms with Crippen LogP contribution < -0.4 is 10.3 Å². The molecule has 0 saturated carbocycles. The zero-order chi connectivity index (χ0) is 29.3. The number of amides is 3. The largest absolute Gasteiger partial charge is 0.274 e. The number of fused-ring (bicyclic) bond motifs is 1. The van der Waals surface area contributed by atoms with Crippen molar-refractivity contribution in [3.63, 3.8) is 0 Å². The number of hydrogen-bond acceptors (Lipinski definition) is 4. The summed E-state index contributed by atoms with van der Waals surface area (Å²) in [6, 6.07) is 35.9. The van der Waals surface area contributed by atoms with Crippen molar-refractivity contribution in [1.82, 2.24) is 5.43 Å². The molecule has 43 heavy (non-hydrogen) atoms. The number of nitrogens with zero attached hydrogens (tertiary/aromatic N) is 2. The molecule has 208 valence electrons. The van der Waals surface area contributed by atoms with Crippen molar-refractivity contribution in [2.24, 2.45) is 16.9 Å². The summed E-state index contributed by atoms with van der Waals surface area (Å²) in [4.78, 5) is 43.6. The molecule has 3 aliphatic carbocycles. The Kier molecular flexibility index (Phi) is 5.65. The number of imide groups is 1. The van der Waals surface area contributed by atoms with Crippen LogP contribution in [0.25, 0.3) is 10.8 Å². The second-order valence-electron chi connectivity index (χ2n) is 11.2. The van der Waals surface area contributed by atoms with Gasteiger partial charge in [0, 0.05) is 28.1 Å². The maximum absolute atomic E-state index is 14.7. The summed E-state index contributed by atoms with van der Waals surface area (Å²) in [7, 11) is 0. The normalized spacial score (nSPS) is 23.4. The van der Waals surface area contributed by atoms with Gasteiger partial charge in [-0.3, -0.25) is 14.4 Å². The molecule has 2 bridgehead atoms. The van der Waals surface area contributed by atoms with Crippen LogP contribution in [0.3, 0.4) is 0 Å². The number of halogens is 1. The zero-order valence-electron chi connectivity index (χ0n) is 22.8. The van der Waals surface area contributed by atoms with Gasteiger partial charge in [0.15, 0.2) is 0 Å². The van der Waals surface area contributed by atoms with Gasteiger partial charge in [-0.25, -0.2) is 10.3 Å². The predicted molar refractivity (Wildman–Crippen MR) is 166 cm³/mol. The van der Waals surface area contributed by atoms with Gasteiger partial charge >= 0.3 is 0 Å². The molecule has 6 nitrogen and oxygen atoms in total. The first-order valence-corrected chi connectivity index (χ1v) is 14.5. The van der Waals surface area contributed by atoms with Gasteiger partial charge in [0.2, 0.25) is 11.8 Å². The Morgan fingerprint density at radius 2 is 1.40 bits per heavy atom. The number of carbonyl (C=O) groups excluding carboxylic acids is 3. The average molecular weight is 582 g/mol. The first-order chi connectivity index (χ1) is 21.0. The lowest BCUT2D eigenvalue weighted by molar-refractivity contribution is -0.122. The highest BCUT2D eigenvalue weighted by Crippen LogP contribution is 2.63. The lowest BCUT2D eigenvalue weighted by Crippen LogP contribution is -2.54. The van der Waals surface area contributed by atoms with Gasteiger partial charge in [0.05, 0.1) is 22.9 Å². The fourth-order valence-electron chi connectivity index (χ4n) is 7.55. The van der Waals surface area contributed by atoms with Gasteiger partial charge in [-0.05, 0) is 58.0 Å². The van der Waals surface area contributed by atoms with Gasteiger partial charge in [0.25, 0.3) is 5.91 Å². The van der Waals surface area contributed by atoms with Crippen LogP contribution in [0.5, 0.6) is 0 Å². The van der Waals surface area contributed by atoms with E-state index in [1.165, 1.54) is 4.90 Å².